The monoisotopic (exact) mass is 446 g/mol. The van der Waals surface area contributed by atoms with Crippen LogP contribution in [-0.4, -0.2) is 27.6 Å². The lowest BCUT2D eigenvalue weighted by molar-refractivity contribution is 0.0331. The molecule has 0 aliphatic heterocycles. The summed E-state index contributed by atoms with van der Waals surface area (Å²) >= 11 is 0. The standard InChI is InChI=1S/C25H34O5S/c1-3-5-13-22(19-29-25(26)21-15-9-7-10-16-21)23(14-6-4-2)20-30-31(27,28)24-17-11-8-12-18-24/h7-12,15-18,22-23H,3-6,13-14,19-20H2,1-2H3. The number of benzene rings is 2. The molecule has 170 valence electrons. The van der Waals surface area contributed by atoms with Gasteiger partial charge in [0.25, 0.3) is 10.1 Å². The van der Waals surface area contributed by atoms with Crippen LogP contribution in [0.25, 0.3) is 0 Å². The highest BCUT2D eigenvalue weighted by atomic mass is 32.2. The number of rotatable bonds is 14. The Bertz CT molecular complexity index is 865. The Morgan fingerprint density at radius 1 is 0.806 bits per heavy atom. The third-order valence-corrected chi connectivity index (χ3v) is 6.73. The molecule has 0 saturated carbocycles. The maximum Gasteiger partial charge on any atom is 0.338 e. The van der Waals surface area contributed by atoms with Crippen LogP contribution < -0.4 is 0 Å². The van der Waals surface area contributed by atoms with Gasteiger partial charge in [0.1, 0.15) is 0 Å². The van der Waals surface area contributed by atoms with Gasteiger partial charge in [0.05, 0.1) is 23.7 Å². The molecular formula is C25H34O5S. The van der Waals surface area contributed by atoms with Crippen LogP contribution in [0.5, 0.6) is 0 Å². The number of carbonyl (C=O) groups is 1. The van der Waals surface area contributed by atoms with E-state index in [1.54, 1.807) is 42.5 Å². The van der Waals surface area contributed by atoms with Crippen molar-refractivity contribution in [3.05, 3.63) is 66.2 Å². The van der Waals surface area contributed by atoms with Gasteiger partial charge in [-0.3, -0.25) is 4.18 Å². The molecule has 0 spiro atoms. The van der Waals surface area contributed by atoms with E-state index in [0.29, 0.717) is 5.56 Å². The van der Waals surface area contributed by atoms with E-state index in [4.69, 9.17) is 8.92 Å². The normalized spacial score (nSPS) is 13.5. The van der Waals surface area contributed by atoms with Crippen molar-refractivity contribution in [3.63, 3.8) is 0 Å². The zero-order chi connectivity index (χ0) is 22.5. The lowest BCUT2D eigenvalue weighted by Gasteiger charge is -2.27. The average molecular weight is 447 g/mol. The minimum atomic E-state index is -3.82. The second-order valence-electron chi connectivity index (χ2n) is 7.82. The molecule has 2 rings (SSSR count). The molecule has 0 radical (unpaired) electrons. The summed E-state index contributed by atoms with van der Waals surface area (Å²) in [5.41, 5.74) is 0.518. The molecule has 0 heterocycles. The topological polar surface area (TPSA) is 69.7 Å². The van der Waals surface area contributed by atoms with Gasteiger partial charge in [-0.05, 0) is 48.9 Å². The Morgan fingerprint density at radius 3 is 1.87 bits per heavy atom. The van der Waals surface area contributed by atoms with Crippen LogP contribution in [0.4, 0.5) is 0 Å². The van der Waals surface area contributed by atoms with E-state index in [1.807, 2.05) is 6.07 Å². The number of ether oxygens (including phenoxy) is 1. The van der Waals surface area contributed by atoms with Gasteiger partial charge in [0, 0.05) is 0 Å². The molecule has 0 aromatic heterocycles. The van der Waals surface area contributed by atoms with Crippen LogP contribution >= 0.6 is 0 Å². The third-order valence-electron chi connectivity index (χ3n) is 5.43. The van der Waals surface area contributed by atoms with Crippen molar-refractivity contribution in [1.29, 1.82) is 0 Å². The summed E-state index contributed by atoms with van der Waals surface area (Å²) in [5.74, 6) is -0.312. The van der Waals surface area contributed by atoms with E-state index in [2.05, 4.69) is 13.8 Å². The van der Waals surface area contributed by atoms with Gasteiger partial charge >= 0.3 is 5.97 Å². The molecule has 0 saturated heterocycles. The van der Waals surface area contributed by atoms with Crippen molar-refractivity contribution in [1.82, 2.24) is 0 Å². The molecule has 0 bridgehead atoms. The molecule has 2 unspecified atom stereocenters. The summed E-state index contributed by atoms with van der Waals surface area (Å²) in [7, 11) is -3.82. The van der Waals surface area contributed by atoms with Crippen LogP contribution in [0, 0.1) is 11.8 Å². The minimum Gasteiger partial charge on any atom is -0.462 e. The number of hydrogen-bond acceptors (Lipinski definition) is 5. The van der Waals surface area contributed by atoms with Gasteiger partial charge < -0.3 is 4.74 Å². The molecule has 6 heteroatoms. The summed E-state index contributed by atoms with van der Waals surface area (Å²) in [6.07, 6.45) is 5.68. The van der Waals surface area contributed by atoms with Crippen molar-refractivity contribution < 1.29 is 22.1 Å². The van der Waals surface area contributed by atoms with Gasteiger partial charge in [-0.15, -0.1) is 0 Å². The minimum absolute atomic E-state index is 0.00596. The van der Waals surface area contributed by atoms with Crippen LogP contribution in [0.1, 0.15) is 62.7 Å². The molecule has 2 aromatic carbocycles. The predicted octanol–water partition coefficient (Wildman–Crippen LogP) is 5.86. The summed E-state index contributed by atoms with van der Waals surface area (Å²) in [6.45, 7) is 4.57. The number of hydrogen-bond donors (Lipinski definition) is 0. The zero-order valence-corrected chi connectivity index (χ0v) is 19.4. The van der Waals surface area contributed by atoms with Crippen molar-refractivity contribution in [2.24, 2.45) is 11.8 Å². The molecule has 2 aromatic rings. The second kappa shape index (κ2) is 13.3. The van der Waals surface area contributed by atoms with Gasteiger partial charge in [0.15, 0.2) is 0 Å². The smallest absolute Gasteiger partial charge is 0.338 e. The predicted molar refractivity (Wildman–Crippen MR) is 122 cm³/mol. The summed E-state index contributed by atoms with van der Waals surface area (Å²) < 4.78 is 36.3. The van der Waals surface area contributed by atoms with E-state index >= 15 is 0 Å². The molecule has 0 aliphatic carbocycles. The van der Waals surface area contributed by atoms with Crippen molar-refractivity contribution >= 4 is 16.1 Å². The molecule has 0 N–H and O–H groups in total. The quantitative estimate of drug-likeness (QED) is 0.268. The Labute approximate surface area is 186 Å². The van der Waals surface area contributed by atoms with Gasteiger partial charge in [0.2, 0.25) is 0 Å². The van der Waals surface area contributed by atoms with Crippen LogP contribution in [0.3, 0.4) is 0 Å². The number of unbranched alkanes of at least 4 members (excludes halogenated alkanes) is 2. The van der Waals surface area contributed by atoms with Gasteiger partial charge in [-0.2, -0.15) is 8.42 Å². The van der Waals surface area contributed by atoms with Crippen molar-refractivity contribution in [2.45, 2.75) is 57.3 Å². The molecular weight excluding hydrogens is 412 g/mol. The third kappa shape index (κ3) is 8.46. The molecule has 0 aliphatic rings. The Morgan fingerprint density at radius 2 is 1.32 bits per heavy atom. The van der Waals surface area contributed by atoms with Gasteiger partial charge in [-0.1, -0.05) is 75.9 Å². The van der Waals surface area contributed by atoms with E-state index in [1.165, 1.54) is 12.1 Å². The fourth-order valence-electron chi connectivity index (χ4n) is 3.52. The highest BCUT2D eigenvalue weighted by Gasteiger charge is 2.26. The average Bonchev–Trinajstić information content (AvgIpc) is 2.80. The largest absolute Gasteiger partial charge is 0.462 e. The van der Waals surface area contributed by atoms with E-state index in [9.17, 15) is 13.2 Å². The van der Waals surface area contributed by atoms with Crippen LogP contribution in [0.2, 0.25) is 0 Å². The molecule has 31 heavy (non-hydrogen) atoms. The first-order chi connectivity index (χ1) is 15.0. The Hall–Kier alpha value is -2.18. The highest BCUT2D eigenvalue weighted by molar-refractivity contribution is 7.86. The molecule has 0 amide bonds. The fraction of sp³-hybridized carbons (Fsp3) is 0.480. The Balaban J connectivity index is 2.08. The zero-order valence-electron chi connectivity index (χ0n) is 18.5. The summed E-state index contributed by atoms with van der Waals surface area (Å²) in [5, 5.41) is 0. The van der Waals surface area contributed by atoms with Crippen molar-refractivity contribution in [3.8, 4) is 0 Å². The van der Waals surface area contributed by atoms with E-state index in [-0.39, 0.29) is 35.9 Å². The number of carbonyl (C=O) groups excluding carboxylic acids is 1. The first-order valence-electron chi connectivity index (χ1n) is 11.1. The number of esters is 1. The first kappa shape index (κ1) is 25.1. The maximum absolute atomic E-state index is 12.6. The fourth-order valence-corrected chi connectivity index (χ4v) is 4.50. The lowest BCUT2D eigenvalue weighted by Crippen LogP contribution is -2.27. The SMILES string of the molecule is CCCCC(COC(=O)c1ccccc1)C(CCCC)COS(=O)(=O)c1ccccc1. The Kier molecular flexibility index (Phi) is 10.7. The first-order valence-corrected chi connectivity index (χ1v) is 12.5. The van der Waals surface area contributed by atoms with E-state index < -0.39 is 10.1 Å². The molecule has 2 atom stereocenters. The molecule has 5 nitrogen and oxygen atoms in total. The summed E-state index contributed by atoms with van der Waals surface area (Å²) in [6, 6.07) is 17.1. The van der Waals surface area contributed by atoms with Gasteiger partial charge in [-0.25, -0.2) is 4.79 Å². The maximum atomic E-state index is 12.6. The van der Waals surface area contributed by atoms with Crippen molar-refractivity contribution in [2.75, 3.05) is 13.2 Å². The van der Waals surface area contributed by atoms with Crippen LogP contribution in [-0.2, 0) is 19.0 Å². The lowest BCUT2D eigenvalue weighted by atomic mass is 9.85. The van der Waals surface area contributed by atoms with E-state index in [0.717, 1.165) is 38.5 Å². The summed E-state index contributed by atoms with van der Waals surface area (Å²) in [4.78, 5) is 12.6. The highest BCUT2D eigenvalue weighted by Crippen LogP contribution is 2.27. The van der Waals surface area contributed by atoms with Crippen LogP contribution in [0.15, 0.2) is 65.6 Å². The molecule has 0 fully saturated rings. The second-order valence-corrected chi connectivity index (χ2v) is 9.44.